The van der Waals surface area contributed by atoms with Gasteiger partial charge < -0.3 is 4.57 Å². The summed E-state index contributed by atoms with van der Waals surface area (Å²) >= 11 is 0. The highest BCUT2D eigenvalue weighted by molar-refractivity contribution is 6.09. The van der Waals surface area contributed by atoms with E-state index in [-0.39, 0.29) is 0 Å². The number of hydrogen-bond donors (Lipinski definition) is 0. The second-order valence-corrected chi connectivity index (χ2v) is 12.1. The summed E-state index contributed by atoms with van der Waals surface area (Å²) in [5.74, 6) is 1.96. The summed E-state index contributed by atoms with van der Waals surface area (Å²) in [5.41, 5.74) is 11.0. The Labute approximate surface area is 284 Å². The summed E-state index contributed by atoms with van der Waals surface area (Å²) in [4.78, 5) is 14.7. The lowest BCUT2D eigenvalue weighted by Crippen LogP contribution is -2.00. The normalized spacial score (nSPS) is 11.3. The van der Waals surface area contributed by atoms with Gasteiger partial charge in [-0.3, -0.25) is 0 Å². The van der Waals surface area contributed by atoms with Gasteiger partial charge in [-0.05, 0) is 41.0 Å². The van der Waals surface area contributed by atoms with E-state index in [2.05, 4.69) is 126 Å². The Morgan fingerprint density at radius 3 is 1.33 bits per heavy atom. The number of para-hydroxylation sites is 3. The Balaban J connectivity index is 1.10. The first-order chi connectivity index (χ1) is 24.3. The fourth-order valence-electron chi connectivity index (χ4n) is 6.71. The standard InChI is InChI=1S/C45H30N4/c1-3-14-32(15-4-1)43-46-44(33-16-5-2-6-17-33)48-45(47-43)34-28-26-31(27-29-34)35-18-13-19-36(30-35)37-20-7-10-23-40(37)49-41-24-11-8-21-38(41)39-22-9-12-25-42(39)49/h1-30H. The molecule has 0 atom stereocenters. The molecular formula is C45H30N4. The molecule has 0 N–H and O–H groups in total. The molecule has 0 spiro atoms. The molecule has 2 aromatic heterocycles. The van der Waals surface area contributed by atoms with Crippen molar-refractivity contribution in [2.45, 2.75) is 0 Å². The first kappa shape index (κ1) is 28.6. The van der Waals surface area contributed by atoms with E-state index in [0.717, 1.165) is 39.1 Å². The van der Waals surface area contributed by atoms with E-state index in [1.165, 1.54) is 27.4 Å². The van der Waals surface area contributed by atoms with E-state index in [4.69, 9.17) is 15.0 Å². The molecule has 0 unspecified atom stereocenters. The zero-order valence-corrected chi connectivity index (χ0v) is 26.6. The molecule has 0 radical (unpaired) electrons. The lowest BCUT2D eigenvalue weighted by molar-refractivity contribution is 1.07. The molecule has 9 rings (SSSR count). The summed E-state index contributed by atoms with van der Waals surface area (Å²) < 4.78 is 2.39. The van der Waals surface area contributed by atoms with Crippen LogP contribution < -0.4 is 0 Å². The van der Waals surface area contributed by atoms with Crippen LogP contribution in [0.1, 0.15) is 0 Å². The van der Waals surface area contributed by atoms with E-state index in [9.17, 15) is 0 Å². The van der Waals surface area contributed by atoms with Gasteiger partial charge >= 0.3 is 0 Å². The molecule has 0 saturated carbocycles. The maximum atomic E-state index is 4.91. The molecule has 0 bridgehead atoms. The predicted octanol–water partition coefficient (Wildman–Crippen LogP) is 11.3. The van der Waals surface area contributed by atoms with Crippen LogP contribution in [0.5, 0.6) is 0 Å². The van der Waals surface area contributed by atoms with E-state index in [1.54, 1.807) is 0 Å². The second kappa shape index (κ2) is 12.2. The Kier molecular flexibility index (Phi) is 7.10. The molecule has 0 fully saturated rings. The predicted molar refractivity (Wildman–Crippen MR) is 201 cm³/mol. The van der Waals surface area contributed by atoms with Crippen LogP contribution in [0.4, 0.5) is 0 Å². The van der Waals surface area contributed by atoms with Crippen molar-refractivity contribution in [1.29, 1.82) is 0 Å². The fraction of sp³-hybridized carbons (Fsp3) is 0. The highest BCUT2D eigenvalue weighted by Crippen LogP contribution is 2.37. The number of hydrogen-bond acceptors (Lipinski definition) is 3. The van der Waals surface area contributed by atoms with Crippen molar-refractivity contribution in [3.63, 3.8) is 0 Å². The van der Waals surface area contributed by atoms with Crippen molar-refractivity contribution in [3.8, 4) is 62.1 Å². The van der Waals surface area contributed by atoms with Gasteiger partial charge in [-0.25, -0.2) is 15.0 Å². The van der Waals surface area contributed by atoms with Gasteiger partial charge in [0.05, 0.1) is 16.7 Å². The minimum absolute atomic E-state index is 0.646. The molecule has 7 aromatic carbocycles. The highest BCUT2D eigenvalue weighted by Gasteiger charge is 2.16. The second-order valence-electron chi connectivity index (χ2n) is 12.1. The lowest BCUT2D eigenvalue weighted by atomic mass is 9.97. The molecule has 4 nitrogen and oxygen atoms in total. The SMILES string of the molecule is c1ccc(-c2nc(-c3ccccc3)nc(-c3ccc(-c4cccc(-c5ccccc5-n5c6ccccc6c6ccccc65)c4)cc3)n2)cc1. The third-order valence-electron chi connectivity index (χ3n) is 9.07. The largest absolute Gasteiger partial charge is 0.309 e. The van der Waals surface area contributed by atoms with Gasteiger partial charge in [0.2, 0.25) is 0 Å². The smallest absolute Gasteiger partial charge is 0.164 e. The summed E-state index contributed by atoms with van der Waals surface area (Å²) in [6, 6.07) is 63.5. The number of rotatable bonds is 6. The molecule has 0 saturated heterocycles. The van der Waals surface area contributed by atoms with Gasteiger partial charge in [0.15, 0.2) is 17.5 Å². The third kappa shape index (κ3) is 5.26. The highest BCUT2D eigenvalue weighted by atomic mass is 15.0. The van der Waals surface area contributed by atoms with Gasteiger partial charge in [-0.2, -0.15) is 0 Å². The minimum atomic E-state index is 0.646. The Bertz CT molecular complexity index is 2480. The molecule has 4 heteroatoms. The van der Waals surface area contributed by atoms with Crippen LogP contribution in [0.15, 0.2) is 182 Å². The third-order valence-corrected chi connectivity index (χ3v) is 9.07. The van der Waals surface area contributed by atoms with E-state index in [0.29, 0.717) is 17.5 Å². The molecule has 49 heavy (non-hydrogen) atoms. The van der Waals surface area contributed by atoms with Crippen molar-refractivity contribution in [1.82, 2.24) is 19.5 Å². The molecule has 0 aliphatic heterocycles. The molecule has 9 aromatic rings. The number of nitrogens with zero attached hydrogens (tertiary/aromatic N) is 4. The average molecular weight is 627 g/mol. The van der Waals surface area contributed by atoms with Gasteiger partial charge in [0.25, 0.3) is 0 Å². The lowest BCUT2D eigenvalue weighted by Gasteiger charge is -2.15. The minimum Gasteiger partial charge on any atom is -0.309 e. The first-order valence-corrected chi connectivity index (χ1v) is 16.5. The maximum absolute atomic E-state index is 4.91. The zero-order chi connectivity index (χ0) is 32.6. The Hall–Kier alpha value is -6.65. The monoisotopic (exact) mass is 626 g/mol. The van der Waals surface area contributed by atoms with Gasteiger partial charge in [-0.1, -0.05) is 158 Å². The van der Waals surface area contributed by atoms with Crippen molar-refractivity contribution >= 4 is 21.8 Å². The van der Waals surface area contributed by atoms with E-state index < -0.39 is 0 Å². The van der Waals surface area contributed by atoms with Crippen LogP contribution >= 0.6 is 0 Å². The van der Waals surface area contributed by atoms with Crippen LogP contribution in [0.2, 0.25) is 0 Å². The fourth-order valence-corrected chi connectivity index (χ4v) is 6.71. The molecule has 2 heterocycles. The topological polar surface area (TPSA) is 43.6 Å². The van der Waals surface area contributed by atoms with Gasteiger partial charge in [0, 0.05) is 33.0 Å². The summed E-state index contributed by atoms with van der Waals surface area (Å²) in [6.45, 7) is 0. The number of aromatic nitrogens is 4. The summed E-state index contributed by atoms with van der Waals surface area (Å²) in [7, 11) is 0. The molecular weight excluding hydrogens is 597 g/mol. The first-order valence-electron chi connectivity index (χ1n) is 16.5. The van der Waals surface area contributed by atoms with Crippen molar-refractivity contribution in [2.75, 3.05) is 0 Å². The van der Waals surface area contributed by atoms with Crippen LogP contribution in [-0.4, -0.2) is 19.5 Å². The zero-order valence-electron chi connectivity index (χ0n) is 26.6. The van der Waals surface area contributed by atoms with E-state index in [1.807, 2.05) is 60.7 Å². The molecule has 230 valence electrons. The Morgan fingerprint density at radius 2 is 0.735 bits per heavy atom. The molecule has 0 amide bonds. The quantitative estimate of drug-likeness (QED) is 0.184. The van der Waals surface area contributed by atoms with Crippen LogP contribution in [0, 0.1) is 0 Å². The summed E-state index contributed by atoms with van der Waals surface area (Å²) in [5, 5.41) is 2.51. The molecule has 0 aliphatic rings. The number of fused-ring (bicyclic) bond motifs is 3. The summed E-state index contributed by atoms with van der Waals surface area (Å²) in [6.07, 6.45) is 0. The van der Waals surface area contributed by atoms with Crippen molar-refractivity contribution in [3.05, 3.63) is 182 Å². The van der Waals surface area contributed by atoms with Crippen LogP contribution in [0.3, 0.4) is 0 Å². The van der Waals surface area contributed by atoms with Gasteiger partial charge in [-0.15, -0.1) is 0 Å². The molecule has 0 aliphatic carbocycles. The van der Waals surface area contributed by atoms with Crippen LogP contribution in [-0.2, 0) is 0 Å². The Morgan fingerprint density at radius 1 is 0.306 bits per heavy atom. The van der Waals surface area contributed by atoms with Crippen LogP contribution in [0.25, 0.3) is 83.9 Å². The van der Waals surface area contributed by atoms with Crippen molar-refractivity contribution in [2.24, 2.45) is 0 Å². The van der Waals surface area contributed by atoms with Crippen molar-refractivity contribution < 1.29 is 0 Å². The average Bonchev–Trinajstić information content (AvgIpc) is 3.53. The van der Waals surface area contributed by atoms with Gasteiger partial charge in [0.1, 0.15) is 0 Å². The number of benzene rings is 7. The van der Waals surface area contributed by atoms with E-state index >= 15 is 0 Å². The maximum Gasteiger partial charge on any atom is 0.164 e.